The van der Waals surface area contributed by atoms with Crippen molar-refractivity contribution in [2.75, 3.05) is 33.4 Å². The van der Waals surface area contributed by atoms with Crippen LogP contribution in [0.4, 0.5) is 0 Å². The number of hydrogen-bond donors (Lipinski definition) is 0. The molecule has 1 aromatic heterocycles. The van der Waals surface area contributed by atoms with Crippen molar-refractivity contribution >= 4 is 5.91 Å². The number of rotatable bonds is 2. The molecule has 0 unspecified atom stereocenters. The highest BCUT2D eigenvalue weighted by Gasteiger charge is 2.41. The van der Waals surface area contributed by atoms with Crippen molar-refractivity contribution in [1.29, 1.82) is 0 Å². The van der Waals surface area contributed by atoms with Gasteiger partial charge in [-0.25, -0.2) is 0 Å². The van der Waals surface area contributed by atoms with Crippen molar-refractivity contribution in [1.82, 2.24) is 10.1 Å². The first kappa shape index (κ1) is 12.4. The highest BCUT2D eigenvalue weighted by Crippen LogP contribution is 2.31. The number of aromatic nitrogens is 1. The van der Waals surface area contributed by atoms with Gasteiger partial charge in [-0.15, -0.1) is 0 Å². The lowest BCUT2D eigenvalue weighted by atomic mass is 10.0. The van der Waals surface area contributed by atoms with E-state index in [1.807, 2.05) is 0 Å². The van der Waals surface area contributed by atoms with Crippen molar-refractivity contribution in [2.24, 2.45) is 0 Å². The summed E-state index contributed by atoms with van der Waals surface area (Å²) >= 11 is 0. The van der Waals surface area contributed by atoms with Crippen LogP contribution in [0.1, 0.15) is 23.4 Å². The van der Waals surface area contributed by atoms with Crippen LogP contribution in [0.3, 0.4) is 0 Å². The molecule has 2 fully saturated rings. The van der Waals surface area contributed by atoms with Crippen LogP contribution in [0.5, 0.6) is 5.88 Å². The molecule has 0 aromatic carbocycles. The predicted molar refractivity (Wildman–Crippen MR) is 62.8 cm³/mol. The number of ether oxygens (including phenoxy) is 3. The van der Waals surface area contributed by atoms with Gasteiger partial charge in [0.1, 0.15) is 0 Å². The van der Waals surface area contributed by atoms with Crippen molar-refractivity contribution in [3.63, 3.8) is 0 Å². The zero-order chi connectivity index (χ0) is 13.3. The van der Waals surface area contributed by atoms with Gasteiger partial charge in [-0.2, -0.15) is 0 Å². The van der Waals surface area contributed by atoms with E-state index in [-0.39, 0.29) is 11.7 Å². The molecule has 1 amide bonds. The molecule has 19 heavy (non-hydrogen) atoms. The average Bonchev–Trinajstić information content (AvgIpc) is 3.08. The molecule has 0 bridgehead atoms. The van der Waals surface area contributed by atoms with Gasteiger partial charge in [0.15, 0.2) is 5.79 Å². The van der Waals surface area contributed by atoms with Crippen molar-refractivity contribution < 1.29 is 23.5 Å². The summed E-state index contributed by atoms with van der Waals surface area (Å²) in [6, 6.07) is 1.50. The molecule has 2 saturated heterocycles. The summed E-state index contributed by atoms with van der Waals surface area (Å²) < 4.78 is 21.1. The van der Waals surface area contributed by atoms with E-state index in [4.69, 9.17) is 18.7 Å². The lowest BCUT2D eigenvalue weighted by Gasteiger charge is -2.37. The van der Waals surface area contributed by atoms with E-state index in [0.29, 0.717) is 45.0 Å². The molecule has 1 spiro atoms. The smallest absolute Gasteiger partial charge is 0.292 e. The van der Waals surface area contributed by atoms with Crippen LogP contribution in [-0.2, 0) is 9.47 Å². The quantitative estimate of drug-likeness (QED) is 0.784. The van der Waals surface area contributed by atoms with Gasteiger partial charge in [-0.3, -0.25) is 4.79 Å². The minimum Gasteiger partial charge on any atom is -0.479 e. The van der Waals surface area contributed by atoms with E-state index in [9.17, 15) is 4.79 Å². The average molecular weight is 268 g/mol. The lowest BCUT2D eigenvalue weighted by Crippen LogP contribution is -2.47. The van der Waals surface area contributed by atoms with E-state index in [0.717, 1.165) is 0 Å². The molecule has 104 valence electrons. The van der Waals surface area contributed by atoms with Crippen LogP contribution in [-0.4, -0.2) is 55.2 Å². The van der Waals surface area contributed by atoms with Gasteiger partial charge in [-0.05, 0) is 5.16 Å². The Morgan fingerprint density at radius 3 is 2.63 bits per heavy atom. The molecule has 7 nitrogen and oxygen atoms in total. The molecule has 0 atom stereocenters. The first-order valence-corrected chi connectivity index (χ1v) is 6.30. The minimum atomic E-state index is -0.476. The summed E-state index contributed by atoms with van der Waals surface area (Å²) in [6.07, 6.45) is 1.37. The molecule has 3 heterocycles. The second-order valence-electron chi connectivity index (χ2n) is 4.63. The van der Waals surface area contributed by atoms with E-state index < -0.39 is 5.79 Å². The maximum Gasteiger partial charge on any atom is 0.292 e. The van der Waals surface area contributed by atoms with Crippen molar-refractivity contribution in [3.8, 4) is 5.88 Å². The van der Waals surface area contributed by atoms with Gasteiger partial charge in [0.05, 0.1) is 26.4 Å². The molecule has 3 rings (SSSR count). The molecule has 0 N–H and O–H groups in total. The fraction of sp³-hybridized carbons (Fsp3) is 0.667. The number of amides is 1. The molecule has 1 aromatic rings. The van der Waals surface area contributed by atoms with Crippen LogP contribution in [0.25, 0.3) is 0 Å². The zero-order valence-electron chi connectivity index (χ0n) is 10.8. The summed E-state index contributed by atoms with van der Waals surface area (Å²) in [4.78, 5) is 13.9. The second-order valence-corrected chi connectivity index (χ2v) is 4.63. The van der Waals surface area contributed by atoms with Gasteiger partial charge in [-0.1, -0.05) is 0 Å². The highest BCUT2D eigenvalue weighted by atomic mass is 16.7. The largest absolute Gasteiger partial charge is 0.479 e. The minimum absolute atomic E-state index is 0.177. The molecule has 2 aliphatic rings. The first-order chi connectivity index (χ1) is 9.22. The van der Waals surface area contributed by atoms with Crippen LogP contribution in [0.15, 0.2) is 10.6 Å². The monoisotopic (exact) mass is 268 g/mol. The lowest BCUT2D eigenvalue weighted by molar-refractivity contribution is -0.181. The zero-order valence-corrected chi connectivity index (χ0v) is 10.8. The van der Waals surface area contributed by atoms with E-state index in [1.54, 1.807) is 4.90 Å². The third kappa shape index (κ3) is 2.31. The van der Waals surface area contributed by atoms with Crippen molar-refractivity contribution in [2.45, 2.75) is 18.6 Å². The summed E-state index contributed by atoms with van der Waals surface area (Å²) in [7, 11) is 1.48. The fourth-order valence-electron chi connectivity index (χ4n) is 2.45. The summed E-state index contributed by atoms with van der Waals surface area (Å²) in [5.41, 5.74) is 0. The number of hydrogen-bond acceptors (Lipinski definition) is 6. The Hall–Kier alpha value is -1.60. The van der Waals surface area contributed by atoms with Crippen molar-refractivity contribution in [3.05, 3.63) is 11.8 Å². The predicted octanol–water partition coefficient (Wildman–Crippen LogP) is 0.662. The number of methoxy groups -OCH3 is 1. The van der Waals surface area contributed by atoms with E-state index in [2.05, 4.69) is 5.16 Å². The Morgan fingerprint density at radius 1 is 1.37 bits per heavy atom. The molecule has 2 aliphatic heterocycles. The number of carbonyl (C=O) groups is 1. The normalized spacial score (nSPS) is 21.8. The Labute approximate surface area is 110 Å². The third-order valence-electron chi connectivity index (χ3n) is 3.53. The SMILES string of the molecule is COc1cc(C(=O)N2CCC3(CC2)OCCO3)on1. The maximum absolute atomic E-state index is 12.2. The summed E-state index contributed by atoms with van der Waals surface area (Å²) in [6.45, 7) is 2.43. The third-order valence-corrected chi connectivity index (χ3v) is 3.53. The highest BCUT2D eigenvalue weighted by molar-refractivity contribution is 5.91. The topological polar surface area (TPSA) is 74.0 Å². The van der Waals surface area contributed by atoms with Gasteiger partial charge in [0.25, 0.3) is 11.8 Å². The Balaban J connectivity index is 1.63. The maximum atomic E-state index is 12.2. The van der Waals surface area contributed by atoms with Crippen LogP contribution in [0, 0.1) is 0 Å². The number of likely N-dealkylation sites (tertiary alicyclic amines) is 1. The first-order valence-electron chi connectivity index (χ1n) is 6.30. The second kappa shape index (κ2) is 4.82. The van der Waals surface area contributed by atoms with Crippen LogP contribution in [0.2, 0.25) is 0 Å². The molecule has 7 heteroatoms. The molecular formula is C12H16N2O5. The van der Waals surface area contributed by atoms with Gasteiger partial charge in [0, 0.05) is 25.9 Å². The Bertz CT molecular complexity index is 456. The van der Waals surface area contributed by atoms with Gasteiger partial charge in [0.2, 0.25) is 5.76 Å². The summed E-state index contributed by atoms with van der Waals surface area (Å²) in [5.74, 6) is -0.153. The molecular weight excluding hydrogens is 252 g/mol. The van der Waals surface area contributed by atoms with E-state index in [1.165, 1.54) is 13.2 Å². The number of nitrogens with zero attached hydrogens (tertiary/aromatic N) is 2. The fourth-order valence-corrected chi connectivity index (χ4v) is 2.45. The Morgan fingerprint density at radius 2 is 2.05 bits per heavy atom. The number of carbonyl (C=O) groups excluding carboxylic acids is 1. The van der Waals surface area contributed by atoms with Crippen LogP contribution < -0.4 is 4.74 Å². The standard InChI is InChI=1S/C12H16N2O5/c1-16-10-8-9(19-13-10)11(15)14-4-2-12(3-5-14)17-6-7-18-12/h8H,2-7H2,1H3. The van der Waals surface area contributed by atoms with Gasteiger partial charge < -0.3 is 23.6 Å². The molecule has 0 radical (unpaired) electrons. The molecule has 0 saturated carbocycles. The number of piperidine rings is 1. The molecule has 0 aliphatic carbocycles. The van der Waals surface area contributed by atoms with Crippen LogP contribution >= 0.6 is 0 Å². The summed E-state index contributed by atoms with van der Waals surface area (Å²) in [5, 5.41) is 3.63. The van der Waals surface area contributed by atoms with Gasteiger partial charge >= 0.3 is 0 Å². The van der Waals surface area contributed by atoms with E-state index >= 15 is 0 Å². The Kier molecular flexibility index (Phi) is 3.16.